The van der Waals surface area contributed by atoms with Gasteiger partial charge in [-0.05, 0) is 36.4 Å². The van der Waals surface area contributed by atoms with Crippen LogP contribution < -0.4 is 15.8 Å². The Labute approximate surface area is 135 Å². The molecule has 0 aliphatic heterocycles. The van der Waals surface area contributed by atoms with Crippen LogP contribution in [-0.4, -0.2) is 20.2 Å². The molecule has 0 saturated heterocycles. The summed E-state index contributed by atoms with van der Waals surface area (Å²) in [5.41, 5.74) is -0.233. The van der Waals surface area contributed by atoms with Crippen molar-refractivity contribution < 1.29 is 26.8 Å². The first kappa shape index (κ1) is 17.5. The summed E-state index contributed by atoms with van der Waals surface area (Å²) in [6.07, 6.45) is 0. The SMILES string of the molecule is NS(=O)(=O)c1ccc(NC(=O)C(=O)Nc2ccc(F)cc2F)cc1. The summed E-state index contributed by atoms with van der Waals surface area (Å²) in [7, 11) is -3.88. The zero-order chi connectivity index (χ0) is 17.9. The van der Waals surface area contributed by atoms with Gasteiger partial charge in [-0.25, -0.2) is 22.3 Å². The summed E-state index contributed by atoms with van der Waals surface area (Å²) in [6.45, 7) is 0. The van der Waals surface area contributed by atoms with Crippen LogP contribution in [0.1, 0.15) is 0 Å². The maximum atomic E-state index is 13.4. The van der Waals surface area contributed by atoms with E-state index in [9.17, 15) is 26.8 Å². The van der Waals surface area contributed by atoms with Gasteiger partial charge in [0.05, 0.1) is 10.6 Å². The second kappa shape index (κ2) is 6.72. The van der Waals surface area contributed by atoms with Crippen LogP contribution in [0.25, 0.3) is 0 Å². The number of nitrogens with two attached hydrogens (primary N) is 1. The van der Waals surface area contributed by atoms with Gasteiger partial charge in [0.1, 0.15) is 11.6 Å². The number of benzene rings is 2. The fourth-order valence-corrected chi connectivity index (χ4v) is 2.20. The normalized spacial score (nSPS) is 11.0. The molecule has 0 fully saturated rings. The average Bonchev–Trinajstić information content (AvgIpc) is 2.49. The highest BCUT2D eigenvalue weighted by atomic mass is 32.2. The number of amides is 2. The molecule has 10 heteroatoms. The minimum atomic E-state index is -3.88. The molecule has 0 saturated carbocycles. The van der Waals surface area contributed by atoms with Gasteiger partial charge in [-0.3, -0.25) is 9.59 Å². The number of rotatable bonds is 3. The van der Waals surface area contributed by atoms with Crippen molar-refractivity contribution in [2.24, 2.45) is 5.14 Å². The number of nitrogens with one attached hydrogen (secondary N) is 2. The number of primary sulfonamides is 1. The van der Waals surface area contributed by atoms with Gasteiger partial charge < -0.3 is 10.6 Å². The minimum Gasteiger partial charge on any atom is -0.318 e. The second-order valence-electron chi connectivity index (χ2n) is 4.60. The largest absolute Gasteiger partial charge is 0.318 e. The Morgan fingerprint density at radius 2 is 1.50 bits per heavy atom. The lowest BCUT2D eigenvalue weighted by Gasteiger charge is -2.08. The van der Waals surface area contributed by atoms with E-state index in [1.165, 1.54) is 12.1 Å². The lowest BCUT2D eigenvalue weighted by atomic mass is 10.3. The molecule has 126 valence electrons. The Morgan fingerprint density at radius 1 is 0.917 bits per heavy atom. The second-order valence-corrected chi connectivity index (χ2v) is 6.16. The number of hydrogen-bond donors (Lipinski definition) is 3. The molecule has 4 N–H and O–H groups in total. The highest BCUT2D eigenvalue weighted by Gasteiger charge is 2.16. The number of carbonyl (C=O) groups excluding carboxylic acids is 2. The van der Waals surface area contributed by atoms with Gasteiger partial charge in [-0.15, -0.1) is 0 Å². The molecular formula is C14H11F2N3O4S. The number of carbonyl (C=O) groups is 2. The Kier molecular flexibility index (Phi) is 4.90. The zero-order valence-electron chi connectivity index (χ0n) is 11.9. The molecule has 2 rings (SSSR count). The molecule has 2 aromatic rings. The van der Waals surface area contributed by atoms with Crippen molar-refractivity contribution in [3.63, 3.8) is 0 Å². The van der Waals surface area contributed by atoms with Gasteiger partial charge in [0.15, 0.2) is 0 Å². The maximum absolute atomic E-state index is 13.4. The van der Waals surface area contributed by atoms with Crippen molar-refractivity contribution in [3.05, 3.63) is 54.1 Å². The molecule has 0 bridgehead atoms. The number of sulfonamides is 1. The summed E-state index contributed by atoms with van der Waals surface area (Å²) in [5.74, 6) is -4.17. The van der Waals surface area contributed by atoms with Crippen LogP contribution in [0.4, 0.5) is 20.2 Å². The summed E-state index contributed by atoms with van der Waals surface area (Å²) < 4.78 is 48.4. The van der Waals surface area contributed by atoms with Crippen molar-refractivity contribution in [2.75, 3.05) is 10.6 Å². The van der Waals surface area contributed by atoms with Gasteiger partial charge in [0, 0.05) is 11.8 Å². The Balaban J connectivity index is 2.05. The predicted molar refractivity (Wildman–Crippen MR) is 81.4 cm³/mol. The standard InChI is InChI=1S/C14H11F2N3O4S/c15-8-1-6-12(11(16)7-8)19-14(21)13(20)18-9-2-4-10(5-3-9)24(17,22)23/h1-7H,(H,18,20)(H,19,21)(H2,17,22,23). The van der Waals surface area contributed by atoms with Crippen LogP contribution >= 0.6 is 0 Å². The summed E-state index contributed by atoms with van der Waals surface area (Å²) in [4.78, 5) is 23.2. The molecule has 2 aromatic carbocycles. The topological polar surface area (TPSA) is 118 Å². The van der Waals surface area contributed by atoms with Crippen LogP contribution in [0.5, 0.6) is 0 Å². The molecule has 0 heterocycles. The number of hydrogen-bond acceptors (Lipinski definition) is 4. The predicted octanol–water partition coefficient (Wildman–Crippen LogP) is 1.19. The van der Waals surface area contributed by atoms with E-state index in [-0.39, 0.29) is 16.3 Å². The van der Waals surface area contributed by atoms with E-state index in [0.717, 1.165) is 24.3 Å². The lowest BCUT2D eigenvalue weighted by Crippen LogP contribution is -2.29. The highest BCUT2D eigenvalue weighted by Crippen LogP contribution is 2.16. The smallest absolute Gasteiger partial charge is 0.314 e. The van der Waals surface area contributed by atoms with Crippen LogP contribution in [0.15, 0.2) is 47.4 Å². The van der Waals surface area contributed by atoms with Crippen molar-refractivity contribution >= 4 is 33.2 Å². The minimum absolute atomic E-state index is 0.127. The first-order valence-corrected chi connectivity index (χ1v) is 7.92. The Bertz CT molecular complexity index is 899. The quantitative estimate of drug-likeness (QED) is 0.717. The Hall–Kier alpha value is -2.85. The molecular weight excluding hydrogens is 344 g/mol. The molecule has 24 heavy (non-hydrogen) atoms. The van der Waals surface area contributed by atoms with E-state index in [0.29, 0.717) is 6.07 Å². The lowest BCUT2D eigenvalue weighted by molar-refractivity contribution is -0.133. The third-order valence-corrected chi connectivity index (χ3v) is 3.76. The average molecular weight is 355 g/mol. The number of halogens is 2. The van der Waals surface area contributed by atoms with Gasteiger partial charge in [0.2, 0.25) is 10.0 Å². The summed E-state index contributed by atoms with van der Waals surface area (Å²) >= 11 is 0. The zero-order valence-corrected chi connectivity index (χ0v) is 12.7. The van der Waals surface area contributed by atoms with Gasteiger partial charge in [0.25, 0.3) is 0 Å². The first-order valence-electron chi connectivity index (χ1n) is 6.37. The third kappa shape index (κ3) is 4.33. The van der Waals surface area contributed by atoms with E-state index in [2.05, 4.69) is 5.32 Å². The van der Waals surface area contributed by atoms with Crippen LogP contribution in [0.3, 0.4) is 0 Å². The summed E-state index contributed by atoms with van der Waals surface area (Å²) in [6, 6.07) is 7.18. The molecule has 0 unspecified atom stereocenters. The molecule has 0 aliphatic rings. The van der Waals surface area contributed by atoms with Gasteiger partial charge >= 0.3 is 11.8 Å². The number of anilines is 2. The highest BCUT2D eigenvalue weighted by molar-refractivity contribution is 7.89. The molecule has 2 amide bonds. The van der Waals surface area contributed by atoms with E-state index >= 15 is 0 Å². The maximum Gasteiger partial charge on any atom is 0.314 e. The van der Waals surface area contributed by atoms with Crippen LogP contribution in [0, 0.1) is 11.6 Å². The molecule has 0 aromatic heterocycles. The molecule has 0 radical (unpaired) electrons. The first-order chi connectivity index (χ1) is 11.2. The third-order valence-electron chi connectivity index (χ3n) is 2.83. The molecule has 0 atom stereocenters. The van der Waals surface area contributed by atoms with E-state index in [1.54, 1.807) is 0 Å². The van der Waals surface area contributed by atoms with Crippen molar-refractivity contribution in [3.8, 4) is 0 Å². The van der Waals surface area contributed by atoms with E-state index in [4.69, 9.17) is 5.14 Å². The monoisotopic (exact) mass is 355 g/mol. The van der Waals surface area contributed by atoms with Crippen LogP contribution in [-0.2, 0) is 19.6 Å². The molecule has 0 aliphatic carbocycles. The van der Waals surface area contributed by atoms with Crippen LogP contribution in [0.2, 0.25) is 0 Å². The van der Waals surface area contributed by atoms with E-state index < -0.39 is 33.5 Å². The van der Waals surface area contributed by atoms with Crippen molar-refractivity contribution in [2.45, 2.75) is 4.90 Å². The van der Waals surface area contributed by atoms with Gasteiger partial charge in [-0.1, -0.05) is 0 Å². The summed E-state index contributed by atoms with van der Waals surface area (Å²) in [5, 5.41) is 9.10. The van der Waals surface area contributed by atoms with Crippen molar-refractivity contribution in [1.82, 2.24) is 0 Å². The Morgan fingerprint density at radius 3 is 2.04 bits per heavy atom. The fourth-order valence-electron chi connectivity index (χ4n) is 1.69. The van der Waals surface area contributed by atoms with Gasteiger partial charge in [-0.2, -0.15) is 0 Å². The molecule has 0 spiro atoms. The molecule has 7 nitrogen and oxygen atoms in total. The van der Waals surface area contributed by atoms with Crippen molar-refractivity contribution in [1.29, 1.82) is 0 Å². The fraction of sp³-hybridized carbons (Fsp3) is 0. The van der Waals surface area contributed by atoms with E-state index in [1.807, 2.05) is 5.32 Å².